The van der Waals surface area contributed by atoms with Crippen LogP contribution in [0.3, 0.4) is 0 Å². The van der Waals surface area contributed by atoms with Crippen LogP contribution < -0.4 is 10.2 Å². The van der Waals surface area contributed by atoms with Crippen LogP contribution >= 0.6 is 23.2 Å². The second-order valence-corrected chi connectivity index (χ2v) is 7.08. The summed E-state index contributed by atoms with van der Waals surface area (Å²) >= 11 is 12.5. The lowest BCUT2D eigenvalue weighted by atomic mass is 9.91. The molecule has 0 amide bonds. The van der Waals surface area contributed by atoms with Crippen molar-refractivity contribution in [1.29, 1.82) is 0 Å². The third kappa shape index (κ3) is 2.51. The molecule has 2 atom stereocenters. The van der Waals surface area contributed by atoms with Crippen molar-refractivity contribution in [2.45, 2.75) is 38.3 Å². The van der Waals surface area contributed by atoms with Crippen LogP contribution in [0.4, 0.5) is 10.1 Å². The van der Waals surface area contributed by atoms with Crippen molar-refractivity contribution in [2.75, 3.05) is 18.0 Å². The van der Waals surface area contributed by atoms with E-state index in [1.54, 1.807) is 0 Å². The molecule has 0 bridgehead atoms. The lowest BCUT2D eigenvalue weighted by Gasteiger charge is -2.47. The Morgan fingerprint density at radius 1 is 1.30 bits per heavy atom. The van der Waals surface area contributed by atoms with E-state index in [0.717, 1.165) is 24.7 Å². The summed E-state index contributed by atoms with van der Waals surface area (Å²) in [5, 5.41) is 4.44. The molecule has 0 aromatic heterocycles. The van der Waals surface area contributed by atoms with Gasteiger partial charge in [0.1, 0.15) is 5.82 Å². The second kappa shape index (κ2) is 5.04. The molecule has 1 aromatic carbocycles. The first-order valence-electron chi connectivity index (χ1n) is 7.07. The summed E-state index contributed by atoms with van der Waals surface area (Å²) in [5.74, 6) is 0.326. The van der Waals surface area contributed by atoms with E-state index in [1.807, 2.05) is 0 Å². The minimum absolute atomic E-state index is 0.0908. The molecule has 0 spiro atoms. The van der Waals surface area contributed by atoms with Gasteiger partial charge in [0.05, 0.1) is 15.7 Å². The van der Waals surface area contributed by atoms with Crippen molar-refractivity contribution in [1.82, 2.24) is 5.32 Å². The first-order valence-corrected chi connectivity index (χ1v) is 7.82. The van der Waals surface area contributed by atoms with E-state index in [2.05, 4.69) is 24.1 Å². The van der Waals surface area contributed by atoms with Gasteiger partial charge in [-0.3, -0.25) is 0 Å². The fraction of sp³-hybridized carbons (Fsp3) is 0.600. The SMILES string of the molecule is CC1CNC(C)(C2CC2)CN1c1c(Cl)cc(F)cc1Cl. The van der Waals surface area contributed by atoms with Gasteiger partial charge in [-0.25, -0.2) is 4.39 Å². The van der Waals surface area contributed by atoms with Crippen LogP contribution in [0.5, 0.6) is 0 Å². The number of benzene rings is 1. The fourth-order valence-corrected chi connectivity index (χ4v) is 3.84. The molecule has 110 valence electrons. The number of nitrogens with zero attached hydrogens (tertiary/aromatic N) is 1. The molecule has 1 aliphatic heterocycles. The number of halogens is 3. The van der Waals surface area contributed by atoms with Crippen molar-refractivity contribution >= 4 is 28.9 Å². The minimum Gasteiger partial charge on any atom is -0.363 e. The summed E-state index contributed by atoms with van der Waals surface area (Å²) in [7, 11) is 0. The van der Waals surface area contributed by atoms with Gasteiger partial charge in [-0.15, -0.1) is 0 Å². The molecule has 2 unspecified atom stereocenters. The number of nitrogens with one attached hydrogen (secondary N) is 1. The zero-order valence-corrected chi connectivity index (χ0v) is 13.2. The molecule has 1 aromatic rings. The first kappa shape index (κ1) is 14.4. The summed E-state index contributed by atoms with van der Waals surface area (Å²) in [6.45, 7) is 6.13. The molecule has 1 aliphatic carbocycles. The molecule has 2 nitrogen and oxygen atoms in total. The lowest BCUT2D eigenvalue weighted by Crippen LogP contribution is -2.63. The van der Waals surface area contributed by atoms with E-state index in [4.69, 9.17) is 23.2 Å². The Kier molecular flexibility index (Phi) is 3.64. The van der Waals surface area contributed by atoms with Gasteiger partial charge in [0, 0.05) is 24.7 Å². The number of hydrogen-bond acceptors (Lipinski definition) is 2. The second-order valence-electron chi connectivity index (χ2n) is 6.27. The summed E-state index contributed by atoms with van der Waals surface area (Å²) in [4.78, 5) is 2.22. The molecule has 0 radical (unpaired) electrons. The van der Waals surface area contributed by atoms with Gasteiger partial charge in [-0.05, 0) is 44.7 Å². The Labute approximate surface area is 129 Å². The van der Waals surface area contributed by atoms with Gasteiger partial charge in [0.25, 0.3) is 0 Å². The van der Waals surface area contributed by atoms with E-state index in [-0.39, 0.29) is 11.6 Å². The van der Waals surface area contributed by atoms with Gasteiger partial charge < -0.3 is 10.2 Å². The van der Waals surface area contributed by atoms with Gasteiger partial charge in [0.2, 0.25) is 0 Å². The van der Waals surface area contributed by atoms with Gasteiger partial charge >= 0.3 is 0 Å². The molecule has 20 heavy (non-hydrogen) atoms. The van der Waals surface area contributed by atoms with Crippen molar-refractivity contribution in [2.24, 2.45) is 5.92 Å². The van der Waals surface area contributed by atoms with E-state index < -0.39 is 5.82 Å². The van der Waals surface area contributed by atoms with Gasteiger partial charge in [-0.2, -0.15) is 0 Å². The topological polar surface area (TPSA) is 15.3 Å². The molecule has 5 heteroatoms. The Hall–Kier alpha value is -0.510. The van der Waals surface area contributed by atoms with Crippen molar-refractivity contribution < 1.29 is 4.39 Å². The maximum atomic E-state index is 13.4. The zero-order valence-electron chi connectivity index (χ0n) is 11.7. The minimum atomic E-state index is -0.392. The summed E-state index contributed by atoms with van der Waals surface area (Å²) in [5.41, 5.74) is 0.851. The molecule has 2 aliphatic rings. The number of piperazine rings is 1. The van der Waals surface area contributed by atoms with Crippen LogP contribution in [-0.2, 0) is 0 Å². The predicted octanol–water partition coefficient (Wildman–Crippen LogP) is 4.10. The Morgan fingerprint density at radius 2 is 1.90 bits per heavy atom. The quantitative estimate of drug-likeness (QED) is 0.883. The van der Waals surface area contributed by atoms with E-state index >= 15 is 0 Å². The monoisotopic (exact) mass is 316 g/mol. The summed E-state index contributed by atoms with van der Waals surface area (Å²) in [6, 6.07) is 2.96. The molecule has 1 saturated heterocycles. The highest BCUT2D eigenvalue weighted by atomic mass is 35.5. The van der Waals surface area contributed by atoms with Crippen LogP contribution in [0, 0.1) is 11.7 Å². The Bertz CT molecular complexity index is 510. The predicted molar refractivity (Wildman–Crippen MR) is 82.4 cm³/mol. The van der Waals surface area contributed by atoms with Crippen molar-refractivity contribution in [3.8, 4) is 0 Å². The Balaban J connectivity index is 1.95. The standard InChI is InChI=1S/C15H19Cl2FN2/c1-9-7-19-15(2,10-3-4-10)8-20(9)14-12(16)5-11(18)6-13(14)17/h5-6,9-10,19H,3-4,7-8H2,1-2H3. The third-order valence-electron chi connectivity index (χ3n) is 4.58. The maximum absolute atomic E-state index is 13.4. The molecule has 1 heterocycles. The molecule has 2 fully saturated rings. The number of anilines is 1. The van der Waals surface area contributed by atoms with Crippen LogP contribution in [0.15, 0.2) is 12.1 Å². The van der Waals surface area contributed by atoms with Crippen LogP contribution in [0.25, 0.3) is 0 Å². The third-order valence-corrected chi connectivity index (χ3v) is 5.16. The van der Waals surface area contributed by atoms with Gasteiger partial charge in [0.15, 0.2) is 0 Å². The molecule has 1 saturated carbocycles. The van der Waals surface area contributed by atoms with Crippen LogP contribution in [0.2, 0.25) is 10.0 Å². The summed E-state index contributed by atoms with van der Waals surface area (Å²) < 4.78 is 13.4. The maximum Gasteiger partial charge on any atom is 0.126 e. The molecular weight excluding hydrogens is 298 g/mol. The van der Waals surface area contributed by atoms with E-state index in [1.165, 1.54) is 25.0 Å². The zero-order chi connectivity index (χ0) is 14.5. The summed E-state index contributed by atoms with van der Waals surface area (Å²) in [6.07, 6.45) is 2.55. The highest BCUT2D eigenvalue weighted by Crippen LogP contribution is 2.44. The Morgan fingerprint density at radius 3 is 2.45 bits per heavy atom. The van der Waals surface area contributed by atoms with Crippen molar-refractivity contribution in [3.63, 3.8) is 0 Å². The highest BCUT2D eigenvalue weighted by Gasteiger charge is 2.45. The average molecular weight is 317 g/mol. The van der Waals surface area contributed by atoms with Crippen LogP contribution in [0.1, 0.15) is 26.7 Å². The molecule has 1 N–H and O–H groups in total. The number of rotatable bonds is 2. The highest BCUT2D eigenvalue weighted by molar-refractivity contribution is 6.39. The first-order chi connectivity index (χ1) is 9.40. The smallest absolute Gasteiger partial charge is 0.126 e. The van der Waals surface area contributed by atoms with E-state index in [0.29, 0.717) is 10.0 Å². The molecular formula is C15H19Cl2FN2. The fourth-order valence-electron chi connectivity index (χ4n) is 3.16. The lowest BCUT2D eigenvalue weighted by molar-refractivity contribution is 0.261. The average Bonchev–Trinajstić information content (AvgIpc) is 3.17. The van der Waals surface area contributed by atoms with Crippen molar-refractivity contribution in [3.05, 3.63) is 28.0 Å². The van der Waals surface area contributed by atoms with E-state index in [9.17, 15) is 4.39 Å². The number of hydrogen-bond donors (Lipinski definition) is 1. The van der Waals surface area contributed by atoms with Crippen LogP contribution in [-0.4, -0.2) is 24.7 Å². The normalized spacial score (nSPS) is 30.6. The van der Waals surface area contributed by atoms with Gasteiger partial charge in [-0.1, -0.05) is 23.2 Å². The molecule has 3 rings (SSSR count). The largest absolute Gasteiger partial charge is 0.363 e.